The molecule has 0 radical (unpaired) electrons. The van der Waals surface area contributed by atoms with Gasteiger partial charge in [-0.1, -0.05) is 48.3 Å². The van der Waals surface area contributed by atoms with E-state index in [0.717, 1.165) is 12.0 Å². The van der Waals surface area contributed by atoms with Gasteiger partial charge in [-0.15, -0.1) is 0 Å². The number of hydrogen-bond donors (Lipinski definition) is 1. The van der Waals surface area contributed by atoms with E-state index in [4.69, 9.17) is 23.2 Å². The van der Waals surface area contributed by atoms with Crippen molar-refractivity contribution in [1.82, 2.24) is 15.1 Å². The Balaban J connectivity index is 2.27. The Morgan fingerprint density at radius 1 is 1.33 bits per heavy atom. The molecular formula is C15H17Cl2N3O. The van der Waals surface area contributed by atoms with Crippen molar-refractivity contribution < 1.29 is 4.79 Å². The third-order valence-corrected chi connectivity index (χ3v) is 3.86. The number of halogens is 2. The second-order valence-electron chi connectivity index (χ2n) is 4.76. The summed E-state index contributed by atoms with van der Waals surface area (Å²) in [6, 6.07) is 7.49. The summed E-state index contributed by atoms with van der Waals surface area (Å²) in [6.45, 7) is 4.82. The lowest BCUT2D eigenvalue weighted by molar-refractivity contribution is 0.0953. The lowest BCUT2D eigenvalue weighted by Gasteiger charge is -2.06. The van der Waals surface area contributed by atoms with Crippen LogP contribution >= 0.6 is 23.2 Å². The van der Waals surface area contributed by atoms with E-state index >= 15 is 0 Å². The Hall–Kier alpha value is -1.52. The molecule has 0 bridgehead atoms. The number of hydrogen-bond acceptors (Lipinski definition) is 2. The molecule has 0 saturated carbocycles. The van der Waals surface area contributed by atoms with Gasteiger partial charge >= 0.3 is 0 Å². The monoisotopic (exact) mass is 325 g/mol. The number of aryl methyl sites for hydroxylation is 1. The van der Waals surface area contributed by atoms with Gasteiger partial charge in [0.2, 0.25) is 0 Å². The third-order valence-electron chi connectivity index (χ3n) is 3.11. The van der Waals surface area contributed by atoms with Crippen LogP contribution in [0.2, 0.25) is 10.2 Å². The van der Waals surface area contributed by atoms with Crippen molar-refractivity contribution in [2.45, 2.75) is 26.8 Å². The van der Waals surface area contributed by atoms with E-state index in [9.17, 15) is 4.79 Å². The summed E-state index contributed by atoms with van der Waals surface area (Å²) in [5.41, 5.74) is 1.95. The molecule has 1 amide bonds. The molecule has 1 aromatic heterocycles. The van der Waals surface area contributed by atoms with Gasteiger partial charge in [0.1, 0.15) is 5.15 Å². The van der Waals surface area contributed by atoms with Crippen LogP contribution in [-0.4, -0.2) is 22.2 Å². The first kappa shape index (κ1) is 15.9. The SMILES string of the molecule is CCCNC(=O)c1c(C)nn(Cc2ccccc2Cl)c1Cl. The molecule has 0 saturated heterocycles. The van der Waals surface area contributed by atoms with Gasteiger partial charge in [0.05, 0.1) is 17.8 Å². The summed E-state index contributed by atoms with van der Waals surface area (Å²) in [4.78, 5) is 12.1. The summed E-state index contributed by atoms with van der Waals surface area (Å²) in [7, 11) is 0. The third kappa shape index (κ3) is 3.57. The Morgan fingerprint density at radius 3 is 2.71 bits per heavy atom. The fourth-order valence-electron chi connectivity index (χ4n) is 2.03. The van der Waals surface area contributed by atoms with Crippen molar-refractivity contribution in [2.75, 3.05) is 6.54 Å². The van der Waals surface area contributed by atoms with E-state index in [2.05, 4.69) is 10.4 Å². The Kier molecular flexibility index (Phi) is 5.26. The maximum Gasteiger partial charge on any atom is 0.256 e. The Morgan fingerprint density at radius 2 is 2.05 bits per heavy atom. The van der Waals surface area contributed by atoms with Crippen LogP contribution < -0.4 is 5.32 Å². The van der Waals surface area contributed by atoms with Gasteiger partial charge in [-0.05, 0) is 25.0 Å². The van der Waals surface area contributed by atoms with Gasteiger partial charge in [0, 0.05) is 11.6 Å². The zero-order valence-electron chi connectivity index (χ0n) is 12.0. The highest BCUT2D eigenvalue weighted by Crippen LogP contribution is 2.23. The molecule has 0 spiro atoms. The summed E-state index contributed by atoms with van der Waals surface area (Å²) < 4.78 is 1.60. The Bertz CT molecular complexity index is 652. The Labute approximate surface area is 134 Å². The van der Waals surface area contributed by atoms with Crippen LogP contribution in [0, 0.1) is 6.92 Å². The van der Waals surface area contributed by atoms with Gasteiger partial charge in [0.25, 0.3) is 5.91 Å². The lowest BCUT2D eigenvalue weighted by Crippen LogP contribution is -2.24. The molecule has 1 heterocycles. The number of aromatic nitrogens is 2. The normalized spacial score (nSPS) is 10.7. The van der Waals surface area contributed by atoms with Gasteiger partial charge in [-0.3, -0.25) is 4.79 Å². The van der Waals surface area contributed by atoms with Crippen LogP contribution in [-0.2, 0) is 6.54 Å². The van der Waals surface area contributed by atoms with Crippen molar-refractivity contribution in [3.05, 3.63) is 51.3 Å². The number of amides is 1. The molecular weight excluding hydrogens is 309 g/mol. The molecule has 0 aliphatic carbocycles. The topological polar surface area (TPSA) is 46.9 Å². The van der Waals surface area contributed by atoms with Gasteiger partial charge in [-0.2, -0.15) is 5.10 Å². The van der Waals surface area contributed by atoms with Crippen molar-refractivity contribution in [3.63, 3.8) is 0 Å². The minimum absolute atomic E-state index is 0.190. The molecule has 112 valence electrons. The first-order valence-corrected chi connectivity index (χ1v) is 7.54. The highest BCUT2D eigenvalue weighted by atomic mass is 35.5. The van der Waals surface area contributed by atoms with E-state index in [-0.39, 0.29) is 5.91 Å². The molecule has 0 unspecified atom stereocenters. The number of carbonyl (C=O) groups excluding carboxylic acids is 1. The maximum atomic E-state index is 12.1. The smallest absolute Gasteiger partial charge is 0.256 e. The predicted molar refractivity (Wildman–Crippen MR) is 85.2 cm³/mol. The largest absolute Gasteiger partial charge is 0.352 e. The van der Waals surface area contributed by atoms with E-state index < -0.39 is 0 Å². The molecule has 0 aliphatic heterocycles. The van der Waals surface area contributed by atoms with E-state index in [1.807, 2.05) is 31.2 Å². The van der Waals surface area contributed by atoms with Crippen LogP contribution in [0.1, 0.15) is 35.0 Å². The number of nitrogens with zero attached hydrogens (tertiary/aromatic N) is 2. The van der Waals surface area contributed by atoms with Crippen molar-refractivity contribution in [3.8, 4) is 0 Å². The molecule has 2 rings (SSSR count). The van der Waals surface area contributed by atoms with Crippen molar-refractivity contribution in [2.24, 2.45) is 0 Å². The molecule has 21 heavy (non-hydrogen) atoms. The van der Waals surface area contributed by atoms with Crippen LogP contribution in [0.15, 0.2) is 24.3 Å². The molecule has 0 aliphatic rings. The van der Waals surface area contributed by atoms with Gasteiger partial charge in [-0.25, -0.2) is 4.68 Å². The minimum atomic E-state index is -0.190. The zero-order valence-corrected chi connectivity index (χ0v) is 13.5. The number of nitrogens with one attached hydrogen (secondary N) is 1. The summed E-state index contributed by atoms with van der Waals surface area (Å²) >= 11 is 12.4. The van der Waals surface area contributed by atoms with Crippen LogP contribution in [0.3, 0.4) is 0 Å². The average Bonchev–Trinajstić information content (AvgIpc) is 2.73. The second-order valence-corrected chi connectivity index (χ2v) is 5.52. The van der Waals surface area contributed by atoms with Crippen LogP contribution in [0.4, 0.5) is 0 Å². The molecule has 0 atom stereocenters. The molecule has 4 nitrogen and oxygen atoms in total. The maximum absolute atomic E-state index is 12.1. The molecule has 1 N–H and O–H groups in total. The first-order chi connectivity index (χ1) is 10.0. The standard InChI is InChI=1S/C15H17Cl2N3O/c1-3-8-18-15(21)13-10(2)19-20(14(13)17)9-11-6-4-5-7-12(11)16/h4-7H,3,8-9H2,1-2H3,(H,18,21). The fraction of sp³-hybridized carbons (Fsp3) is 0.333. The van der Waals surface area contributed by atoms with E-state index in [0.29, 0.717) is 34.5 Å². The second kappa shape index (κ2) is 6.96. The first-order valence-electron chi connectivity index (χ1n) is 6.79. The molecule has 0 fully saturated rings. The molecule has 2 aromatic rings. The van der Waals surface area contributed by atoms with E-state index in [1.165, 1.54) is 0 Å². The highest BCUT2D eigenvalue weighted by Gasteiger charge is 2.20. The molecule has 1 aromatic carbocycles. The highest BCUT2D eigenvalue weighted by molar-refractivity contribution is 6.33. The van der Waals surface area contributed by atoms with Crippen LogP contribution in [0.5, 0.6) is 0 Å². The minimum Gasteiger partial charge on any atom is -0.352 e. The van der Waals surface area contributed by atoms with Gasteiger partial charge in [0.15, 0.2) is 0 Å². The lowest BCUT2D eigenvalue weighted by atomic mass is 10.2. The quantitative estimate of drug-likeness (QED) is 0.911. The fourth-order valence-corrected chi connectivity index (χ4v) is 2.55. The predicted octanol–water partition coefficient (Wildman–Crippen LogP) is 3.69. The van der Waals surface area contributed by atoms with Crippen molar-refractivity contribution >= 4 is 29.1 Å². The zero-order chi connectivity index (χ0) is 15.4. The number of benzene rings is 1. The molecule has 6 heteroatoms. The summed E-state index contributed by atoms with van der Waals surface area (Å²) in [5.74, 6) is -0.190. The van der Waals surface area contributed by atoms with Gasteiger partial charge < -0.3 is 5.32 Å². The summed E-state index contributed by atoms with van der Waals surface area (Å²) in [5, 5.41) is 8.14. The van der Waals surface area contributed by atoms with Crippen LogP contribution in [0.25, 0.3) is 0 Å². The number of rotatable bonds is 5. The summed E-state index contributed by atoms with van der Waals surface area (Å²) in [6.07, 6.45) is 0.871. The number of carbonyl (C=O) groups is 1. The van der Waals surface area contributed by atoms with E-state index in [1.54, 1.807) is 11.6 Å². The van der Waals surface area contributed by atoms with Crippen molar-refractivity contribution in [1.29, 1.82) is 0 Å². The average molecular weight is 326 g/mol.